The molecule has 7 nitrogen and oxygen atoms in total. The second-order valence-corrected chi connectivity index (χ2v) is 6.87. The predicted molar refractivity (Wildman–Crippen MR) is 109 cm³/mol. The summed E-state index contributed by atoms with van der Waals surface area (Å²) in [5.74, 6) is 0.764. The van der Waals surface area contributed by atoms with Crippen molar-refractivity contribution in [2.24, 2.45) is 0 Å². The number of ether oxygens (including phenoxy) is 3. The monoisotopic (exact) mass is 429 g/mol. The Hall–Kier alpha value is -3.32. The van der Waals surface area contributed by atoms with Gasteiger partial charge in [0.05, 0.1) is 29.0 Å². The zero-order chi connectivity index (χ0) is 21.7. The van der Waals surface area contributed by atoms with E-state index in [1.165, 1.54) is 13.2 Å². The van der Waals surface area contributed by atoms with Gasteiger partial charge >= 0.3 is 5.97 Å². The molecular weight excluding hydrogens is 410 g/mol. The van der Waals surface area contributed by atoms with Gasteiger partial charge in [-0.05, 0) is 56.3 Å². The molecule has 156 valence electrons. The zero-order valence-electron chi connectivity index (χ0n) is 16.7. The Morgan fingerprint density at radius 1 is 1.07 bits per heavy atom. The molecule has 0 amide bonds. The molecule has 0 N–H and O–H groups in total. The van der Waals surface area contributed by atoms with Gasteiger partial charge in [0.25, 0.3) is 0 Å². The number of rotatable bonds is 8. The topological polar surface area (TPSA) is 87.9 Å². The minimum absolute atomic E-state index is 0.306. The van der Waals surface area contributed by atoms with E-state index in [0.717, 1.165) is 11.3 Å². The first-order valence-electron chi connectivity index (χ1n) is 9.07. The van der Waals surface area contributed by atoms with Crippen LogP contribution in [0.15, 0.2) is 47.0 Å². The average molecular weight is 430 g/mol. The first kappa shape index (κ1) is 21.4. The number of esters is 1. The van der Waals surface area contributed by atoms with Crippen molar-refractivity contribution in [2.75, 3.05) is 13.7 Å². The fourth-order valence-electron chi connectivity index (χ4n) is 2.69. The highest BCUT2D eigenvalue weighted by molar-refractivity contribution is 6.32. The number of carbonyl (C=O) groups excluding carboxylic acids is 2. The van der Waals surface area contributed by atoms with Crippen molar-refractivity contribution in [1.82, 2.24) is 5.16 Å². The maximum atomic E-state index is 12.2. The van der Waals surface area contributed by atoms with Crippen LogP contribution in [0.5, 0.6) is 11.5 Å². The lowest BCUT2D eigenvalue weighted by molar-refractivity contribution is 0.0474. The van der Waals surface area contributed by atoms with Crippen LogP contribution >= 0.6 is 11.6 Å². The quantitative estimate of drug-likeness (QED) is 0.382. The number of methoxy groups -OCH3 is 1. The molecule has 0 spiro atoms. The highest BCUT2D eigenvalue weighted by Gasteiger charge is 2.14. The average Bonchev–Trinajstić information content (AvgIpc) is 3.07. The third kappa shape index (κ3) is 4.99. The lowest BCUT2D eigenvalue weighted by Crippen LogP contribution is -2.14. The Morgan fingerprint density at radius 2 is 1.77 bits per heavy atom. The Morgan fingerprint density at radius 3 is 2.37 bits per heavy atom. The molecule has 30 heavy (non-hydrogen) atoms. The van der Waals surface area contributed by atoms with Gasteiger partial charge in [0.15, 0.2) is 12.4 Å². The molecule has 0 fully saturated rings. The molecule has 3 rings (SSSR count). The van der Waals surface area contributed by atoms with E-state index in [0.29, 0.717) is 40.0 Å². The van der Waals surface area contributed by atoms with Gasteiger partial charge in [0.2, 0.25) is 0 Å². The standard InChI is InChI=1S/C22H20ClNO6/c1-13-18(14(2)30-24-13)11-28-17-7-4-15(5-8-17)22(26)29-12-20(25)16-6-9-21(27-3)19(23)10-16/h4-10H,11-12H2,1-3H3. The summed E-state index contributed by atoms with van der Waals surface area (Å²) < 4.78 is 21.0. The third-order valence-electron chi connectivity index (χ3n) is 4.46. The lowest BCUT2D eigenvalue weighted by atomic mass is 10.1. The van der Waals surface area contributed by atoms with Gasteiger partial charge < -0.3 is 18.7 Å². The SMILES string of the molecule is COc1ccc(C(=O)COC(=O)c2ccc(OCc3c(C)noc3C)cc2)cc1Cl. The molecule has 0 radical (unpaired) electrons. The second-order valence-electron chi connectivity index (χ2n) is 6.46. The number of nitrogens with zero attached hydrogens (tertiary/aromatic N) is 1. The summed E-state index contributed by atoms with van der Waals surface area (Å²) in [7, 11) is 1.48. The van der Waals surface area contributed by atoms with Gasteiger partial charge in [0.1, 0.15) is 23.9 Å². The zero-order valence-corrected chi connectivity index (χ0v) is 17.5. The van der Waals surface area contributed by atoms with Gasteiger partial charge in [-0.25, -0.2) is 4.79 Å². The fourth-order valence-corrected chi connectivity index (χ4v) is 2.95. The van der Waals surface area contributed by atoms with E-state index in [4.69, 9.17) is 30.3 Å². The Kier molecular flexibility index (Phi) is 6.74. The van der Waals surface area contributed by atoms with Crippen LogP contribution < -0.4 is 9.47 Å². The van der Waals surface area contributed by atoms with Crippen molar-refractivity contribution < 1.29 is 28.3 Å². The van der Waals surface area contributed by atoms with Crippen LogP contribution in [0, 0.1) is 13.8 Å². The highest BCUT2D eigenvalue weighted by Crippen LogP contribution is 2.25. The predicted octanol–water partition coefficient (Wildman–Crippen LogP) is 4.57. The van der Waals surface area contributed by atoms with Crippen molar-refractivity contribution in [3.63, 3.8) is 0 Å². The molecule has 0 saturated carbocycles. The molecular formula is C22H20ClNO6. The van der Waals surface area contributed by atoms with Crippen LogP contribution in [0.25, 0.3) is 0 Å². The number of ketones is 1. The van der Waals surface area contributed by atoms with Crippen LogP contribution in [0.2, 0.25) is 5.02 Å². The van der Waals surface area contributed by atoms with Crippen molar-refractivity contribution >= 4 is 23.4 Å². The molecule has 1 heterocycles. The van der Waals surface area contributed by atoms with Crippen molar-refractivity contribution in [3.05, 3.63) is 75.6 Å². The van der Waals surface area contributed by atoms with Gasteiger partial charge in [-0.3, -0.25) is 4.79 Å². The Labute approximate surface area is 178 Å². The molecule has 2 aromatic carbocycles. The summed E-state index contributed by atoms with van der Waals surface area (Å²) in [5.41, 5.74) is 2.29. The van der Waals surface area contributed by atoms with E-state index < -0.39 is 12.6 Å². The van der Waals surface area contributed by atoms with Gasteiger partial charge in [-0.15, -0.1) is 0 Å². The summed E-state index contributed by atoms with van der Waals surface area (Å²) in [5, 5.41) is 4.19. The van der Waals surface area contributed by atoms with Crippen molar-refractivity contribution in [3.8, 4) is 11.5 Å². The van der Waals surface area contributed by atoms with Crippen LogP contribution in [0.4, 0.5) is 0 Å². The van der Waals surface area contributed by atoms with E-state index in [9.17, 15) is 9.59 Å². The van der Waals surface area contributed by atoms with E-state index in [1.54, 1.807) is 36.4 Å². The minimum Gasteiger partial charge on any atom is -0.495 e. The molecule has 0 atom stereocenters. The lowest BCUT2D eigenvalue weighted by Gasteiger charge is -2.08. The molecule has 0 aliphatic heterocycles. The fraction of sp³-hybridized carbons (Fsp3) is 0.227. The van der Waals surface area contributed by atoms with Crippen LogP contribution in [0.1, 0.15) is 37.7 Å². The first-order chi connectivity index (χ1) is 14.4. The number of halogens is 1. The van der Waals surface area contributed by atoms with E-state index in [1.807, 2.05) is 13.8 Å². The number of hydrogen-bond donors (Lipinski definition) is 0. The summed E-state index contributed by atoms with van der Waals surface area (Å²) in [4.78, 5) is 24.4. The maximum absolute atomic E-state index is 12.2. The highest BCUT2D eigenvalue weighted by atomic mass is 35.5. The first-order valence-corrected chi connectivity index (χ1v) is 9.45. The van der Waals surface area contributed by atoms with E-state index in [-0.39, 0.29) is 5.78 Å². The smallest absolute Gasteiger partial charge is 0.338 e. The number of aryl methyl sites for hydroxylation is 2. The van der Waals surface area contributed by atoms with Gasteiger partial charge in [-0.1, -0.05) is 16.8 Å². The molecule has 0 aliphatic rings. The summed E-state index contributed by atoms with van der Waals surface area (Å²) in [6.45, 7) is 3.57. The van der Waals surface area contributed by atoms with E-state index >= 15 is 0 Å². The molecule has 1 aromatic heterocycles. The summed E-state index contributed by atoms with van der Waals surface area (Å²) >= 11 is 6.02. The Balaban J connectivity index is 1.54. The second kappa shape index (κ2) is 9.45. The molecule has 3 aromatic rings. The van der Waals surface area contributed by atoms with E-state index in [2.05, 4.69) is 5.16 Å². The number of carbonyl (C=O) groups is 2. The molecule has 0 unspecified atom stereocenters. The van der Waals surface area contributed by atoms with Crippen molar-refractivity contribution in [2.45, 2.75) is 20.5 Å². The Bertz CT molecular complexity index is 1040. The summed E-state index contributed by atoms with van der Waals surface area (Å²) in [6.07, 6.45) is 0. The third-order valence-corrected chi connectivity index (χ3v) is 4.76. The van der Waals surface area contributed by atoms with Crippen molar-refractivity contribution in [1.29, 1.82) is 0 Å². The molecule has 0 aliphatic carbocycles. The largest absolute Gasteiger partial charge is 0.495 e. The molecule has 0 saturated heterocycles. The molecule has 8 heteroatoms. The van der Waals surface area contributed by atoms with Crippen LogP contribution in [-0.2, 0) is 11.3 Å². The van der Waals surface area contributed by atoms with Gasteiger partial charge in [0, 0.05) is 5.56 Å². The number of aromatic nitrogens is 1. The summed E-state index contributed by atoms with van der Waals surface area (Å²) in [6, 6.07) is 11.1. The molecule has 0 bridgehead atoms. The maximum Gasteiger partial charge on any atom is 0.338 e. The van der Waals surface area contributed by atoms with Gasteiger partial charge in [-0.2, -0.15) is 0 Å². The number of benzene rings is 2. The van der Waals surface area contributed by atoms with Crippen LogP contribution in [0.3, 0.4) is 0 Å². The normalized spacial score (nSPS) is 10.5. The number of hydrogen-bond acceptors (Lipinski definition) is 7. The number of Topliss-reactive ketones (excluding diaryl/α,β-unsaturated/α-hetero) is 1. The minimum atomic E-state index is -0.611. The van der Waals surface area contributed by atoms with Crippen LogP contribution in [-0.4, -0.2) is 30.6 Å².